The van der Waals surface area contributed by atoms with Crippen LogP contribution in [-0.4, -0.2) is 35.9 Å². The molecule has 0 spiro atoms. The number of carbonyl (C=O) groups excluding carboxylic acids is 1. The van der Waals surface area contributed by atoms with Gasteiger partial charge in [0.2, 0.25) is 0 Å². The predicted molar refractivity (Wildman–Crippen MR) is 94.8 cm³/mol. The maximum absolute atomic E-state index is 11.8. The fourth-order valence-electron chi connectivity index (χ4n) is 2.68. The third-order valence-corrected chi connectivity index (χ3v) is 3.94. The number of benzene rings is 1. The van der Waals surface area contributed by atoms with Gasteiger partial charge in [0, 0.05) is 19.2 Å². The Labute approximate surface area is 153 Å². The van der Waals surface area contributed by atoms with Crippen LogP contribution in [-0.2, 0) is 27.4 Å². The molecule has 2 atom stereocenters. The lowest BCUT2D eigenvalue weighted by Crippen LogP contribution is -2.52. The highest BCUT2D eigenvalue weighted by Gasteiger charge is 2.34. The van der Waals surface area contributed by atoms with Crippen molar-refractivity contribution in [1.29, 1.82) is 0 Å². The Morgan fingerprint density at radius 3 is 2.38 bits per heavy atom. The maximum atomic E-state index is 11.8. The molecule has 0 radical (unpaired) electrons. The van der Waals surface area contributed by atoms with Crippen molar-refractivity contribution in [3.63, 3.8) is 0 Å². The first-order chi connectivity index (χ1) is 12.2. The van der Waals surface area contributed by atoms with E-state index in [1.165, 1.54) is 19.2 Å². The molecule has 1 aliphatic carbocycles. The van der Waals surface area contributed by atoms with Gasteiger partial charge >= 0.3 is 6.09 Å². The summed E-state index contributed by atoms with van der Waals surface area (Å²) in [4.78, 5) is 22.5. The number of alkyl carbamates (subject to hydrolysis) is 1. The third-order valence-electron chi connectivity index (χ3n) is 3.94. The summed E-state index contributed by atoms with van der Waals surface area (Å²) in [5.41, 5.74) is 0.881. The number of nitro benzene ring substituents is 1. The molecule has 1 N–H and O–H groups in total. The first kappa shape index (κ1) is 20.1. The molecule has 2 rings (SSSR count). The number of ether oxygens (including phenoxy) is 3. The second kappa shape index (κ2) is 8.46. The first-order valence-electron chi connectivity index (χ1n) is 8.55. The van der Waals surface area contributed by atoms with Crippen molar-refractivity contribution in [3.8, 4) is 0 Å². The molecular formula is C18H26N2O6. The Bertz CT molecular complexity index is 656. The lowest BCUT2D eigenvalue weighted by molar-refractivity contribution is -0.385. The van der Waals surface area contributed by atoms with Gasteiger partial charge in [0.25, 0.3) is 5.69 Å². The van der Waals surface area contributed by atoms with Crippen LogP contribution < -0.4 is 5.32 Å². The minimum atomic E-state index is -0.551. The zero-order chi connectivity index (χ0) is 19.3. The molecule has 8 heteroatoms. The molecule has 1 aliphatic rings. The molecule has 1 aromatic rings. The highest BCUT2D eigenvalue weighted by atomic mass is 16.6. The quantitative estimate of drug-likeness (QED) is 0.587. The molecule has 0 heterocycles. The van der Waals surface area contributed by atoms with E-state index in [-0.39, 0.29) is 24.4 Å². The number of methoxy groups -OCH3 is 1. The van der Waals surface area contributed by atoms with Gasteiger partial charge in [0.1, 0.15) is 5.60 Å². The summed E-state index contributed by atoms with van der Waals surface area (Å²) < 4.78 is 16.1. The second-order valence-electron chi connectivity index (χ2n) is 7.38. The number of amides is 1. The van der Waals surface area contributed by atoms with Crippen molar-refractivity contribution in [3.05, 3.63) is 39.4 Å². The minimum Gasteiger partial charge on any atom is -0.444 e. The van der Waals surface area contributed by atoms with Crippen LogP contribution in [0.4, 0.5) is 10.5 Å². The average molecular weight is 366 g/mol. The summed E-state index contributed by atoms with van der Waals surface area (Å²) in [6.07, 6.45) is 1.04. The van der Waals surface area contributed by atoms with Crippen LogP contribution >= 0.6 is 0 Å². The molecular weight excluding hydrogens is 340 g/mol. The fourth-order valence-corrected chi connectivity index (χ4v) is 2.68. The van der Waals surface area contributed by atoms with Gasteiger partial charge in [-0.15, -0.1) is 0 Å². The zero-order valence-corrected chi connectivity index (χ0v) is 15.6. The largest absolute Gasteiger partial charge is 0.444 e. The van der Waals surface area contributed by atoms with Crippen molar-refractivity contribution < 1.29 is 23.9 Å². The highest BCUT2D eigenvalue weighted by Crippen LogP contribution is 2.26. The molecule has 1 saturated carbocycles. The summed E-state index contributed by atoms with van der Waals surface area (Å²) in [5.74, 6) is 0. The Balaban J connectivity index is 1.92. The van der Waals surface area contributed by atoms with E-state index in [4.69, 9.17) is 14.2 Å². The lowest BCUT2D eigenvalue weighted by atomic mass is 9.89. The van der Waals surface area contributed by atoms with Crippen LogP contribution in [0.1, 0.15) is 44.7 Å². The number of nitrogens with one attached hydrogen (secondary N) is 1. The van der Waals surface area contributed by atoms with Crippen LogP contribution in [0.2, 0.25) is 0 Å². The zero-order valence-electron chi connectivity index (χ0n) is 15.6. The van der Waals surface area contributed by atoms with E-state index in [1.807, 2.05) is 6.07 Å². The van der Waals surface area contributed by atoms with E-state index in [0.717, 1.165) is 18.4 Å². The Kier molecular flexibility index (Phi) is 6.55. The molecule has 0 saturated heterocycles. The van der Waals surface area contributed by atoms with Gasteiger partial charge in [-0.25, -0.2) is 4.79 Å². The molecule has 8 nitrogen and oxygen atoms in total. The predicted octanol–water partition coefficient (Wildman–Crippen LogP) is 3.31. The van der Waals surface area contributed by atoms with E-state index in [2.05, 4.69) is 5.32 Å². The van der Waals surface area contributed by atoms with Crippen molar-refractivity contribution in [1.82, 2.24) is 5.32 Å². The van der Waals surface area contributed by atoms with Gasteiger partial charge in [-0.05, 0) is 44.7 Å². The average Bonchev–Trinajstić information content (AvgIpc) is 2.50. The fraction of sp³-hybridized carbons (Fsp3) is 0.611. The molecule has 1 fully saturated rings. The van der Waals surface area contributed by atoms with Crippen LogP contribution in [0, 0.1) is 10.1 Å². The molecule has 144 valence electrons. The molecule has 0 aromatic heterocycles. The smallest absolute Gasteiger partial charge is 0.407 e. The number of hydrogen-bond acceptors (Lipinski definition) is 6. The molecule has 1 amide bonds. The summed E-state index contributed by atoms with van der Waals surface area (Å²) in [5, 5.41) is 13.9. The van der Waals surface area contributed by atoms with Crippen LogP contribution in [0.15, 0.2) is 18.2 Å². The van der Waals surface area contributed by atoms with Gasteiger partial charge < -0.3 is 19.5 Å². The standard InChI is InChI=1S/C18H26N2O6/c1-18(2,3)26-17(21)19-15-5-6-16(15)25-11-13-7-12(10-24-4)8-14(9-13)20(22)23/h7-9,15-16H,5-6,10-11H2,1-4H3,(H,19,21)/t15-,16-/m1/s1. The van der Waals surface area contributed by atoms with Crippen LogP contribution in [0.25, 0.3) is 0 Å². The number of nitro groups is 1. The van der Waals surface area contributed by atoms with E-state index < -0.39 is 16.6 Å². The van der Waals surface area contributed by atoms with Gasteiger partial charge in [-0.3, -0.25) is 10.1 Å². The molecule has 0 unspecified atom stereocenters. The summed E-state index contributed by atoms with van der Waals surface area (Å²) in [7, 11) is 1.54. The molecule has 0 aliphatic heterocycles. The van der Waals surface area contributed by atoms with E-state index >= 15 is 0 Å². The Hall–Kier alpha value is -2.19. The number of rotatable bonds is 7. The maximum Gasteiger partial charge on any atom is 0.407 e. The van der Waals surface area contributed by atoms with Crippen molar-refractivity contribution in [2.75, 3.05) is 7.11 Å². The van der Waals surface area contributed by atoms with Gasteiger partial charge in [0.05, 0.1) is 30.3 Å². The number of non-ortho nitro benzene ring substituents is 1. The van der Waals surface area contributed by atoms with Crippen molar-refractivity contribution >= 4 is 11.8 Å². The normalized spacial score (nSPS) is 19.5. The second-order valence-corrected chi connectivity index (χ2v) is 7.38. The molecule has 1 aromatic carbocycles. The van der Waals surface area contributed by atoms with Gasteiger partial charge in [-0.1, -0.05) is 6.07 Å². The van der Waals surface area contributed by atoms with E-state index in [9.17, 15) is 14.9 Å². The summed E-state index contributed by atoms with van der Waals surface area (Å²) >= 11 is 0. The van der Waals surface area contributed by atoms with Gasteiger partial charge in [0.15, 0.2) is 0 Å². The number of nitrogens with zero attached hydrogens (tertiary/aromatic N) is 1. The van der Waals surface area contributed by atoms with E-state index in [0.29, 0.717) is 12.2 Å². The minimum absolute atomic E-state index is 0.00943. The number of hydrogen-bond donors (Lipinski definition) is 1. The van der Waals surface area contributed by atoms with Crippen molar-refractivity contribution in [2.45, 2.75) is 64.6 Å². The Morgan fingerprint density at radius 2 is 1.88 bits per heavy atom. The monoisotopic (exact) mass is 366 g/mol. The highest BCUT2D eigenvalue weighted by molar-refractivity contribution is 5.68. The van der Waals surface area contributed by atoms with Gasteiger partial charge in [-0.2, -0.15) is 0 Å². The molecule has 0 bridgehead atoms. The molecule has 26 heavy (non-hydrogen) atoms. The lowest BCUT2D eigenvalue weighted by Gasteiger charge is -2.37. The third kappa shape index (κ3) is 5.96. The van der Waals surface area contributed by atoms with Crippen molar-refractivity contribution in [2.24, 2.45) is 0 Å². The Morgan fingerprint density at radius 1 is 1.23 bits per heavy atom. The topological polar surface area (TPSA) is 99.9 Å². The first-order valence-corrected chi connectivity index (χ1v) is 8.55. The van der Waals surface area contributed by atoms with Crippen LogP contribution in [0.3, 0.4) is 0 Å². The van der Waals surface area contributed by atoms with Crippen LogP contribution in [0.5, 0.6) is 0 Å². The SMILES string of the molecule is COCc1cc(CO[C@@H]2CC[C@H]2NC(=O)OC(C)(C)C)cc([N+](=O)[O-])c1. The summed E-state index contributed by atoms with van der Waals surface area (Å²) in [6.45, 7) is 5.94. The van der Waals surface area contributed by atoms with E-state index in [1.54, 1.807) is 20.8 Å². The summed E-state index contributed by atoms with van der Waals surface area (Å²) in [6, 6.07) is 4.70. The number of carbonyl (C=O) groups is 1.